The molecular weight excluding hydrogens is 451 g/mol. The van der Waals surface area contributed by atoms with Crippen LogP contribution in [0.15, 0.2) is 65.1 Å². The van der Waals surface area contributed by atoms with Crippen LogP contribution in [0.2, 0.25) is 0 Å². The summed E-state index contributed by atoms with van der Waals surface area (Å²) in [5.41, 5.74) is 0.327. The molecular formula is C23H22BrFN2O3. The van der Waals surface area contributed by atoms with Crippen LogP contribution in [0.25, 0.3) is 10.8 Å². The Hall–Kier alpha value is -2.93. The Morgan fingerprint density at radius 1 is 1.10 bits per heavy atom. The van der Waals surface area contributed by atoms with E-state index in [1.165, 1.54) is 18.0 Å². The van der Waals surface area contributed by atoms with E-state index in [4.69, 9.17) is 4.74 Å². The second-order valence-corrected chi connectivity index (χ2v) is 7.58. The molecule has 0 aliphatic carbocycles. The molecule has 3 rings (SSSR count). The zero-order valence-corrected chi connectivity index (χ0v) is 18.3. The number of benzene rings is 3. The molecule has 0 heterocycles. The van der Waals surface area contributed by atoms with E-state index >= 15 is 0 Å². The molecule has 0 aliphatic heterocycles. The highest BCUT2D eigenvalue weighted by atomic mass is 79.9. The fraction of sp³-hybridized carbons (Fsp3) is 0.217. The Bertz CT molecular complexity index is 1070. The summed E-state index contributed by atoms with van der Waals surface area (Å²) in [6.07, 6.45) is 0. The van der Waals surface area contributed by atoms with Crippen molar-refractivity contribution >= 4 is 38.5 Å². The van der Waals surface area contributed by atoms with Gasteiger partial charge in [-0.05, 0) is 45.8 Å². The first-order valence-corrected chi connectivity index (χ1v) is 10.3. The second kappa shape index (κ2) is 9.71. The number of carbonyl (C=O) groups is 2. The monoisotopic (exact) mass is 472 g/mol. The minimum Gasteiger partial charge on any atom is -0.483 e. The van der Waals surface area contributed by atoms with Gasteiger partial charge in [0.05, 0.1) is 4.47 Å². The number of ether oxygens (including phenoxy) is 1. The Morgan fingerprint density at radius 2 is 1.80 bits per heavy atom. The van der Waals surface area contributed by atoms with Crippen molar-refractivity contribution in [2.45, 2.75) is 19.5 Å². The number of rotatable bonds is 7. The van der Waals surface area contributed by atoms with Gasteiger partial charge in [-0.3, -0.25) is 9.59 Å². The molecule has 0 radical (unpaired) electrons. The third-order valence-electron chi connectivity index (χ3n) is 4.89. The van der Waals surface area contributed by atoms with Crippen LogP contribution in [0.5, 0.6) is 5.75 Å². The van der Waals surface area contributed by atoms with Crippen molar-refractivity contribution in [1.82, 2.24) is 10.2 Å². The molecule has 0 saturated heterocycles. The van der Waals surface area contributed by atoms with Crippen LogP contribution in [0.1, 0.15) is 12.5 Å². The maximum Gasteiger partial charge on any atom is 0.261 e. The first-order chi connectivity index (χ1) is 14.4. The molecule has 0 aliphatic rings. The van der Waals surface area contributed by atoms with E-state index < -0.39 is 17.8 Å². The molecule has 7 heteroatoms. The van der Waals surface area contributed by atoms with E-state index in [9.17, 15) is 14.0 Å². The fourth-order valence-corrected chi connectivity index (χ4v) is 3.76. The summed E-state index contributed by atoms with van der Waals surface area (Å²) in [6, 6.07) is 16.9. The standard InChI is InChI=1S/C23H22BrFN2O3/c1-15(23(29)26-2)27(13-17-8-4-6-10-19(17)25)21(28)14-30-20-12-11-16-7-3-5-9-18(16)22(20)24/h3-12,15H,13-14H2,1-2H3,(H,26,29). The van der Waals surface area contributed by atoms with Gasteiger partial charge in [0.1, 0.15) is 17.6 Å². The molecule has 156 valence electrons. The molecule has 5 nitrogen and oxygen atoms in total. The summed E-state index contributed by atoms with van der Waals surface area (Å²) in [4.78, 5) is 26.4. The average molecular weight is 473 g/mol. The van der Waals surface area contributed by atoms with Crippen LogP contribution in [-0.4, -0.2) is 36.4 Å². The van der Waals surface area contributed by atoms with Gasteiger partial charge < -0.3 is 15.0 Å². The summed E-state index contributed by atoms with van der Waals surface area (Å²) in [7, 11) is 1.49. The van der Waals surface area contributed by atoms with Crippen LogP contribution < -0.4 is 10.1 Å². The lowest BCUT2D eigenvalue weighted by Crippen LogP contribution is -2.48. The van der Waals surface area contributed by atoms with Crippen molar-refractivity contribution < 1.29 is 18.7 Å². The minimum absolute atomic E-state index is 0.0393. The summed E-state index contributed by atoms with van der Waals surface area (Å²) in [6.45, 7) is 1.28. The predicted molar refractivity (Wildman–Crippen MR) is 118 cm³/mol. The zero-order valence-electron chi connectivity index (χ0n) is 16.7. The van der Waals surface area contributed by atoms with Crippen molar-refractivity contribution in [2.75, 3.05) is 13.7 Å². The Balaban J connectivity index is 1.80. The van der Waals surface area contributed by atoms with Crippen LogP contribution in [0.3, 0.4) is 0 Å². The quantitative estimate of drug-likeness (QED) is 0.558. The number of amides is 2. The Labute approximate surface area is 183 Å². The summed E-state index contributed by atoms with van der Waals surface area (Å²) in [5, 5.41) is 4.53. The average Bonchev–Trinajstić information content (AvgIpc) is 2.77. The molecule has 0 saturated carbocycles. The van der Waals surface area contributed by atoms with E-state index in [1.54, 1.807) is 31.2 Å². The largest absolute Gasteiger partial charge is 0.483 e. The number of nitrogens with zero attached hydrogens (tertiary/aromatic N) is 1. The first kappa shape index (κ1) is 21.8. The van der Waals surface area contributed by atoms with Gasteiger partial charge in [0.25, 0.3) is 5.91 Å². The van der Waals surface area contributed by atoms with Crippen LogP contribution in [0, 0.1) is 5.82 Å². The van der Waals surface area contributed by atoms with E-state index in [1.807, 2.05) is 30.3 Å². The van der Waals surface area contributed by atoms with E-state index in [0.717, 1.165) is 15.2 Å². The molecule has 1 atom stereocenters. The number of carbonyl (C=O) groups excluding carboxylic acids is 2. The van der Waals surface area contributed by atoms with Crippen molar-refractivity contribution in [3.63, 3.8) is 0 Å². The van der Waals surface area contributed by atoms with Gasteiger partial charge in [-0.25, -0.2) is 4.39 Å². The number of hydrogen-bond acceptors (Lipinski definition) is 3. The topological polar surface area (TPSA) is 58.6 Å². The highest BCUT2D eigenvalue weighted by Gasteiger charge is 2.26. The molecule has 2 amide bonds. The van der Waals surface area contributed by atoms with Gasteiger partial charge in [0, 0.05) is 19.2 Å². The molecule has 0 spiro atoms. The number of likely N-dealkylation sites (N-methyl/N-ethyl adjacent to an activating group) is 1. The van der Waals surface area contributed by atoms with Crippen molar-refractivity contribution in [2.24, 2.45) is 0 Å². The molecule has 1 unspecified atom stereocenters. The molecule has 0 bridgehead atoms. The Kier molecular flexibility index (Phi) is 7.05. The maximum atomic E-state index is 14.1. The SMILES string of the molecule is CNC(=O)C(C)N(Cc1ccccc1F)C(=O)COc1ccc2ccccc2c1Br. The highest BCUT2D eigenvalue weighted by molar-refractivity contribution is 9.10. The first-order valence-electron chi connectivity index (χ1n) is 9.47. The van der Waals surface area contributed by atoms with Crippen LogP contribution in [0.4, 0.5) is 4.39 Å². The number of halogens is 2. The summed E-state index contributed by atoms with van der Waals surface area (Å²) in [5.74, 6) is -0.681. The fourth-order valence-electron chi connectivity index (χ4n) is 3.15. The number of fused-ring (bicyclic) bond motifs is 1. The predicted octanol–water partition coefficient (Wildman–Crippen LogP) is 4.28. The van der Waals surface area contributed by atoms with Crippen molar-refractivity contribution in [3.05, 3.63) is 76.5 Å². The summed E-state index contributed by atoms with van der Waals surface area (Å²) >= 11 is 3.53. The van der Waals surface area contributed by atoms with E-state index in [2.05, 4.69) is 21.2 Å². The number of hydrogen-bond donors (Lipinski definition) is 1. The molecule has 0 aromatic heterocycles. The summed E-state index contributed by atoms with van der Waals surface area (Å²) < 4.78 is 20.6. The normalized spacial score (nSPS) is 11.7. The smallest absolute Gasteiger partial charge is 0.261 e. The maximum absolute atomic E-state index is 14.1. The minimum atomic E-state index is -0.786. The highest BCUT2D eigenvalue weighted by Crippen LogP contribution is 2.33. The lowest BCUT2D eigenvalue weighted by molar-refractivity contribution is -0.142. The van der Waals surface area contributed by atoms with Gasteiger partial charge >= 0.3 is 0 Å². The van der Waals surface area contributed by atoms with Gasteiger partial charge in [-0.1, -0.05) is 48.5 Å². The third kappa shape index (κ3) is 4.79. The van der Waals surface area contributed by atoms with E-state index in [-0.39, 0.29) is 19.1 Å². The van der Waals surface area contributed by atoms with Gasteiger partial charge in [-0.15, -0.1) is 0 Å². The molecule has 0 fully saturated rings. The van der Waals surface area contributed by atoms with Gasteiger partial charge in [0.15, 0.2) is 6.61 Å². The van der Waals surface area contributed by atoms with Crippen molar-refractivity contribution in [1.29, 1.82) is 0 Å². The van der Waals surface area contributed by atoms with E-state index in [0.29, 0.717) is 11.3 Å². The van der Waals surface area contributed by atoms with Crippen molar-refractivity contribution in [3.8, 4) is 5.75 Å². The van der Waals surface area contributed by atoms with Gasteiger partial charge in [-0.2, -0.15) is 0 Å². The number of nitrogens with one attached hydrogen (secondary N) is 1. The molecule has 3 aromatic rings. The van der Waals surface area contributed by atoms with Crippen LogP contribution >= 0.6 is 15.9 Å². The third-order valence-corrected chi connectivity index (χ3v) is 5.71. The van der Waals surface area contributed by atoms with Gasteiger partial charge in [0.2, 0.25) is 5.91 Å². The lowest BCUT2D eigenvalue weighted by atomic mass is 10.1. The second-order valence-electron chi connectivity index (χ2n) is 6.79. The molecule has 3 aromatic carbocycles. The molecule has 30 heavy (non-hydrogen) atoms. The Morgan fingerprint density at radius 3 is 2.53 bits per heavy atom. The lowest BCUT2D eigenvalue weighted by Gasteiger charge is -2.28. The van der Waals surface area contributed by atoms with Crippen LogP contribution in [-0.2, 0) is 16.1 Å². The molecule has 1 N–H and O–H groups in total. The zero-order chi connectivity index (χ0) is 21.7.